The van der Waals surface area contributed by atoms with Crippen LogP contribution in [0.1, 0.15) is 129 Å². The van der Waals surface area contributed by atoms with Gasteiger partial charge < -0.3 is 19.4 Å². The molecule has 0 bridgehead atoms. The van der Waals surface area contributed by atoms with E-state index >= 15 is 0 Å². The summed E-state index contributed by atoms with van der Waals surface area (Å²) in [6.45, 7) is 2.24. The topological polar surface area (TPSA) is 77.8 Å². The lowest BCUT2D eigenvalue weighted by atomic mass is 10.0. The third-order valence-electron chi connectivity index (χ3n) is 6.53. The lowest BCUT2D eigenvalue weighted by molar-refractivity contribution is -0.875. The molecule has 1 unspecified atom stereocenters. The van der Waals surface area contributed by atoms with E-state index < -0.39 is 12.9 Å². The van der Waals surface area contributed by atoms with Crippen molar-refractivity contribution < 1.29 is 23.9 Å². The van der Waals surface area contributed by atoms with Gasteiger partial charge in [-0.05, 0) is 51.4 Å². The molecule has 0 saturated heterocycles. The second kappa shape index (κ2) is 20.6. The van der Waals surface area contributed by atoms with Crippen molar-refractivity contribution in [2.75, 3.05) is 27.7 Å². The van der Waals surface area contributed by atoms with Gasteiger partial charge in [0.15, 0.2) is 0 Å². The molecule has 0 fully saturated rings. The van der Waals surface area contributed by atoms with Crippen LogP contribution in [0.4, 0.5) is 0 Å². The zero-order chi connectivity index (χ0) is 26.5. The quantitative estimate of drug-likeness (QED) is 0.0524. The number of hydrogen-bond donors (Lipinski definition) is 3. The first-order chi connectivity index (χ1) is 16.5. The summed E-state index contributed by atoms with van der Waals surface area (Å²) in [5.74, 6) is 0. The van der Waals surface area contributed by atoms with Crippen LogP contribution in [0.25, 0.3) is 0 Å². The van der Waals surface area contributed by atoms with Crippen LogP contribution in [0.3, 0.4) is 0 Å². The molecular weight excluding hydrogens is 457 g/mol. The highest BCUT2D eigenvalue weighted by molar-refractivity contribution is 7.53. The summed E-state index contributed by atoms with van der Waals surface area (Å²) in [7, 11) is 0.982. The summed E-state index contributed by atoms with van der Waals surface area (Å²) in [6.07, 6.45) is 31.3. The van der Waals surface area contributed by atoms with Gasteiger partial charge in [-0.1, -0.05) is 102 Å². The molecular formula is C29H59NO4P+. The average Bonchev–Trinajstić information content (AvgIpc) is 2.75. The van der Waals surface area contributed by atoms with Gasteiger partial charge in [-0.25, -0.2) is 0 Å². The van der Waals surface area contributed by atoms with Crippen molar-refractivity contribution in [2.45, 2.75) is 134 Å². The highest BCUT2D eigenvalue weighted by atomic mass is 31.2. The Hall–Kier alpha value is -0.450. The summed E-state index contributed by atoms with van der Waals surface area (Å²) < 4.78 is 12.1. The van der Waals surface area contributed by atoms with E-state index in [-0.39, 0.29) is 13.0 Å². The highest BCUT2D eigenvalue weighted by Gasteiger charge is 2.48. The molecule has 0 aliphatic heterocycles. The van der Waals surface area contributed by atoms with Crippen LogP contribution < -0.4 is 0 Å². The van der Waals surface area contributed by atoms with Crippen LogP contribution in [0.15, 0.2) is 24.3 Å². The fourth-order valence-corrected chi connectivity index (χ4v) is 5.62. The van der Waals surface area contributed by atoms with Crippen LogP contribution in [0, 0.1) is 0 Å². The van der Waals surface area contributed by atoms with E-state index in [0.717, 1.165) is 19.3 Å². The molecule has 5 nitrogen and oxygen atoms in total. The molecule has 35 heavy (non-hydrogen) atoms. The van der Waals surface area contributed by atoms with Crippen LogP contribution in [-0.4, -0.2) is 52.4 Å². The van der Waals surface area contributed by atoms with Gasteiger partial charge in [-0.2, -0.15) is 0 Å². The molecule has 0 heterocycles. The third-order valence-corrected chi connectivity index (χ3v) is 7.98. The second-order valence-electron chi connectivity index (χ2n) is 11.4. The molecule has 208 valence electrons. The highest BCUT2D eigenvalue weighted by Crippen LogP contribution is 2.52. The van der Waals surface area contributed by atoms with Gasteiger partial charge in [0.2, 0.25) is 5.34 Å². The van der Waals surface area contributed by atoms with Gasteiger partial charge in [0.25, 0.3) is 0 Å². The van der Waals surface area contributed by atoms with Crippen LogP contribution in [-0.2, 0) is 4.57 Å². The Morgan fingerprint density at radius 3 is 1.40 bits per heavy atom. The van der Waals surface area contributed by atoms with E-state index in [4.69, 9.17) is 0 Å². The molecule has 0 aliphatic rings. The van der Waals surface area contributed by atoms with Crippen molar-refractivity contribution >= 4 is 7.60 Å². The normalized spacial score (nSPS) is 14.8. The molecule has 0 rings (SSSR count). The molecule has 0 aromatic carbocycles. The summed E-state index contributed by atoms with van der Waals surface area (Å²) in [5, 5.41) is 8.66. The molecule has 3 N–H and O–H groups in total. The maximum Gasteiger partial charge on any atom is 0.362 e. The van der Waals surface area contributed by atoms with E-state index in [1.165, 1.54) is 89.9 Å². The fraction of sp³-hybridized carbons (Fsp3) is 0.862. The van der Waals surface area contributed by atoms with Gasteiger partial charge in [0, 0.05) is 0 Å². The van der Waals surface area contributed by atoms with Crippen LogP contribution in [0.2, 0.25) is 0 Å². The molecule has 0 aromatic rings. The van der Waals surface area contributed by atoms with Gasteiger partial charge >= 0.3 is 7.60 Å². The molecule has 0 spiro atoms. The minimum absolute atomic E-state index is 0.0613. The molecule has 0 radical (unpaired) electrons. The number of nitrogens with zero attached hydrogens (tertiary/aromatic N) is 1. The number of unbranched alkanes of at least 4 members (excludes halogenated alkanes) is 15. The Morgan fingerprint density at radius 2 is 1.00 bits per heavy atom. The molecule has 0 aliphatic carbocycles. The lowest BCUT2D eigenvalue weighted by Crippen LogP contribution is -2.49. The largest absolute Gasteiger partial charge is 0.373 e. The smallest absolute Gasteiger partial charge is 0.362 e. The first-order valence-corrected chi connectivity index (χ1v) is 16.0. The molecule has 0 saturated carbocycles. The third kappa shape index (κ3) is 21.4. The van der Waals surface area contributed by atoms with Crippen LogP contribution in [0.5, 0.6) is 0 Å². The average molecular weight is 517 g/mol. The number of allylic oxidation sites excluding steroid dienone is 4. The summed E-state index contributed by atoms with van der Waals surface area (Å²) in [6, 6.07) is 0. The van der Waals surface area contributed by atoms with Crippen LogP contribution >= 0.6 is 7.60 Å². The van der Waals surface area contributed by atoms with Crippen molar-refractivity contribution in [3.63, 3.8) is 0 Å². The number of hydrogen-bond acceptors (Lipinski definition) is 2. The molecule has 0 aromatic heterocycles. The van der Waals surface area contributed by atoms with Crippen molar-refractivity contribution in [2.24, 2.45) is 0 Å². The Bertz CT molecular complexity index is 594. The Labute approximate surface area is 217 Å². The summed E-state index contributed by atoms with van der Waals surface area (Å²) >= 11 is 0. The zero-order valence-corrected chi connectivity index (χ0v) is 24.5. The first kappa shape index (κ1) is 34.6. The van der Waals surface area contributed by atoms with Gasteiger partial charge in [-0.15, -0.1) is 0 Å². The van der Waals surface area contributed by atoms with Crippen molar-refractivity contribution in [1.29, 1.82) is 0 Å². The summed E-state index contributed by atoms with van der Waals surface area (Å²) in [5.41, 5.74) is 0. The number of rotatable bonds is 24. The number of quaternary nitrogens is 1. The molecule has 1 atom stereocenters. The van der Waals surface area contributed by atoms with Crippen molar-refractivity contribution in [1.82, 2.24) is 0 Å². The van der Waals surface area contributed by atoms with Crippen molar-refractivity contribution in [3.05, 3.63) is 24.3 Å². The SMILES string of the molecule is CC/C=C\CCC/C=C\CCCCCCCCCCCCCCCC(O)(C[N+](C)(C)C)P(=O)(O)O. The lowest BCUT2D eigenvalue weighted by Gasteiger charge is -2.35. The maximum atomic E-state index is 11.8. The fourth-order valence-electron chi connectivity index (χ4n) is 4.57. The summed E-state index contributed by atoms with van der Waals surface area (Å²) in [4.78, 5) is 19.2. The predicted molar refractivity (Wildman–Crippen MR) is 152 cm³/mol. The zero-order valence-electron chi connectivity index (χ0n) is 23.6. The molecule has 6 heteroatoms. The minimum atomic E-state index is -4.55. The van der Waals surface area contributed by atoms with E-state index in [1.807, 2.05) is 21.1 Å². The Balaban J connectivity index is 3.51. The van der Waals surface area contributed by atoms with Gasteiger partial charge in [0.05, 0.1) is 21.1 Å². The van der Waals surface area contributed by atoms with Gasteiger partial charge in [-0.3, -0.25) is 4.57 Å². The van der Waals surface area contributed by atoms with Gasteiger partial charge in [0.1, 0.15) is 6.54 Å². The molecule has 0 amide bonds. The maximum absolute atomic E-state index is 11.8. The van der Waals surface area contributed by atoms with Crippen molar-refractivity contribution in [3.8, 4) is 0 Å². The number of aliphatic hydroxyl groups is 1. The second-order valence-corrected chi connectivity index (χ2v) is 13.3. The Morgan fingerprint density at radius 1 is 0.629 bits per heavy atom. The standard InChI is InChI=1S/C29H58NO4P/c1-5-6-7-8-9-10-11-12-13-14-15-16-17-18-19-20-21-22-23-24-25-26-27-29(31,35(32,33)34)28-30(2,3)4/h6-7,11-12,31H,5,8-10,13-28H2,1-4H3,(H-,32,33,34)/p+1/b7-6-,12-11-. The van der Waals surface area contributed by atoms with E-state index in [9.17, 15) is 19.5 Å². The minimum Gasteiger partial charge on any atom is -0.373 e. The van der Waals surface area contributed by atoms with E-state index in [0.29, 0.717) is 10.9 Å². The number of likely N-dealkylation sites (N-methyl/N-ethyl adjacent to an activating group) is 1. The monoisotopic (exact) mass is 516 g/mol. The van der Waals surface area contributed by atoms with E-state index in [1.54, 1.807) is 0 Å². The Kier molecular flexibility index (Phi) is 20.3. The predicted octanol–water partition coefficient (Wildman–Crippen LogP) is 8.10. The van der Waals surface area contributed by atoms with E-state index in [2.05, 4.69) is 31.2 Å². The first-order valence-electron chi connectivity index (χ1n) is 14.4.